The third kappa shape index (κ3) is 2.93. The fourth-order valence-corrected chi connectivity index (χ4v) is 4.06. The first kappa shape index (κ1) is 17.4. The minimum Gasteiger partial charge on any atom is -0.308 e. The summed E-state index contributed by atoms with van der Waals surface area (Å²) in [7, 11) is 0. The van der Waals surface area contributed by atoms with Crippen molar-refractivity contribution in [2.75, 3.05) is 11.4 Å². The minimum atomic E-state index is 0.00786. The molecule has 0 spiro atoms. The SMILES string of the molecule is Cc1c(C(=O)N2CCc3ccccc32)c(-c2ccccc2)nn1-c1ccccc1. The maximum absolute atomic E-state index is 13.7. The molecule has 3 aromatic carbocycles. The van der Waals surface area contributed by atoms with E-state index in [1.807, 2.05) is 95.4 Å². The van der Waals surface area contributed by atoms with E-state index in [9.17, 15) is 4.79 Å². The summed E-state index contributed by atoms with van der Waals surface area (Å²) in [5.74, 6) is 0.00786. The van der Waals surface area contributed by atoms with Crippen LogP contribution >= 0.6 is 0 Å². The van der Waals surface area contributed by atoms with Crippen LogP contribution < -0.4 is 4.90 Å². The summed E-state index contributed by atoms with van der Waals surface area (Å²) < 4.78 is 1.87. The van der Waals surface area contributed by atoms with Gasteiger partial charge in [0.15, 0.2) is 0 Å². The number of anilines is 1. The number of carbonyl (C=O) groups is 1. The van der Waals surface area contributed by atoms with E-state index in [0.29, 0.717) is 12.1 Å². The lowest BCUT2D eigenvalue weighted by Gasteiger charge is -2.18. The second kappa shape index (κ2) is 7.06. The molecule has 142 valence electrons. The lowest BCUT2D eigenvalue weighted by atomic mass is 10.0. The second-order valence-corrected chi connectivity index (χ2v) is 7.26. The first-order valence-corrected chi connectivity index (χ1v) is 9.84. The van der Waals surface area contributed by atoms with Gasteiger partial charge in [-0.25, -0.2) is 4.68 Å². The molecule has 1 aliphatic rings. The Kier molecular flexibility index (Phi) is 4.24. The summed E-state index contributed by atoms with van der Waals surface area (Å²) in [6, 6.07) is 28.0. The maximum atomic E-state index is 13.7. The Morgan fingerprint density at radius 3 is 2.28 bits per heavy atom. The Morgan fingerprint density at radius 2 is 1.52 bits per heavy atom. The Balaban J connectivity index is 1.67. The number of hydrogen-bond acceptors (Lipinski definition) is 2. The van der Waals surface area contributed by atoms with Gasteiger partial charge in [0.1, 0.15) is 5.69 Å². The number of rotatable bonds is 3. The molecule has 0 atom stereocenters. The Bertz CT molecular complexity index is 1180. The van der Waals surface area contributed by atoms with Crippen molar-refractivity contribution in [3.05, 3.63) is 102 Å². The van der Waals surface area contributed by atoms with E-state index in [1.54, 1.807) is 0 Å². The molecule has 1 aliphatic heterocycles. The molecule has 2 heterocycles. The van der Waals surface area contributed by atoms with E-state index in [4.69, 9.17) is 5.10 Å². The first-order valence-electron chi connectivity index (χ1n) is 9.84. The van der Waals surface area contributed by atoms with Crippen molar-refractivity contribution in [2.45, 2.75) is 13.3 Å². The molecule has 29 heavy (non-hydrogen) atoms. The van der Waals surface area contributed by atoms with Gasteiger partial charge < -0.3 is 4.90 Å². The Labute approximate surface area is 170 Å². The average molecular weight is 379 g/mol. The molecule has 4 nitrogen and oxygen atoms in total. The van der Waals surface area contributed by atoms with Gasteiger partial charge in [-0.2, -0.15) is 5.10 Å². The van der Waals surface area contributed by atoms with Crippen molar-refractivity contribution < 1.29 is 4.79 Å². The maximum Gasteiger partial charge on any atom is 0.262 e. The van der Waals surface area contributed by atoms with Crippen LogP contribution in [0, 0.1) is 6.92 Å². The highest BCUT2D eigenvalue weighted by molar-refractivity contribution is 6.11. The van der Waals surface area contributed by atoms with Gasteiger partial charge in [0.2, 0.25) is 0 Å². The van der Waals surface area contributed by atoms with Crippen LogP contribution in [0.15, 0.2) is 84.9 Å². The van der Waals surface area contributed by atoms with Gasteiger partial charge in [0.05, 0.1) is 16.9 Å². The molecule has 4 aromatic rings. The number of fused-ring (bicyclic) bond motifs is 1. The topological polar surface area (TPSA) is 38.1 Å². The molecule has 0 fully saturated rings. The van der Waals surface area contributed by atoms with E-state index < -0.39 is 0 Å². The largest absolute Gasteiger partial charge is 0.308 e. The average Bonchev–Trinajstić information content (AvgIpc) is 3.36. The molecule has 0 bridgehead atoms. The molecule has 0 unspecified atom stereocenters. The number of hydrogen-bond donors (Lipinski definition) is 0. The summed E-state index contributed by atoms with van der Waals surface area (Å²) in [5, 5.41) is 4.87. The summed E-state index contributed by atoms with van der Waals surface area (Å²) in [6.45, 7) is 2.67. The molecule has 0 radical (unpaired) electrons. The third-order valence-corrected chi connectivity index (χ3v) is 5.51. The van der Waals surface area contributed by atoms with E-state index in [0.717, 1.165) is 34.7 Å². The van der Waals surface area contributed by atoms with Crippen LogP contribution in [0.4, 0.5) is 5.69 Å². The summed E-state index contributed by atoms with van der Waals surface area (Å²) in [6.07, 6.45) is 0.883. The number of carbonyl (C=O) groups excluding carboxylic acids is 1. The quantitative estimate of drug-likeness (QED) is 0.499. The van der Waals surface area contributed by atoms with Gasteiger partial charge in [0, 0.05) is 17.8 Å². The lowest BCUT2D eigenvalue weighted by molar-refractivity contribution is 0.0989. The minimum absolute atomic E-state index is 0.00786. The molecular weight excluding hydrogens is 358 g/mol. The zero-order chi connectivity index (χ0) is 19.8. The molecule has 0 saturated carbocycles. The van der Waals surface area contributed by atoms with Gasteiger partial charge in [-0.05, 0) is 37.1 Å². The lowest BCUT2D eigenvalue weighted by Crippen LogP contribution is -2.29. The molecular formula is C25H21N3O. The van der Waals surface area contributed by atoms with E-state index in [1.165, 1.54) is 5.56 Å². The predicted octanol–water partition coefficient (Wildman–Crippen LogP) is 5.05. The molecule has 1 aromatic heterocycles. The highest BCUT2D eigenvalue weighted by atomic mass is 16.2. The number of amides is 1. The standard InChI is InChI=1S/C25H21N3O/c1-18-23(25(29)27-17-16-19-10-8-9-15-22(19)27)24(20-11-4-2-5-12-20)26-28(18)21-13-6-3-7-14-21/h2-15H,16-17H2,1H3. The van der Waals surface area contributed by atoms with Gasteiger partial charge in [-0.1, -0.05) is 66.7 Å². The summed E-state index contributed by atoms with van der Waals surface area (Å²) in [5.41, 5.74) is 6.35. The first-order chi connectivity index (χ1) is 14.2. The van der Waals surface area contributed by atoms with Gasteiger partial charge >= 0.3 is 0 Å². The van der Waals surface area contributed by atoms with Gasteiger partial charge in [0.25, 0.3) is 5.91 Å². The van der Waals surface area contributed by atoms with E-state index >= 15 is 0 Å². The van der Waals surface area contributed by atoms with Gasteiger partial charge in [-0.3, -0.25) is 4.79 Å². The highest BCUT2D eigenvalue weighted by Crippen LogP contribution is 2.33. The third-order valence-electron chi connectivity index (χ3n) is 5.51. The highest BCUT2D eigenvalue weighted by Gasteiger charge is 2.31. The van der Waals surface area contributed by atoms with E-state index in [-0.39, 0.29) is 5.91 Å². The Hall–Kier alpha value is -3.66. The van der Waals surface area contributed by atoms with Crippen molar-refractivity contribution in [1.29, 1.82) is 0 Å². The second-order valence-electron chi connectivity index (χ2n) is 7.26. The number of benzene rings is 3. The fourth-order valence-electron chi connectivity index (χ4n) is 4.06. The van der Waals surface area contributed by atoms with Gasteiger partial charge in [-0.15, -0.1) is 0 Å². The van der Waals surface area contributed by atoms with Crippen LogP contribution in [0.5, 0.6) is 0 Å². The fraction of sp³-hybridized carbons (Fsp3) is 0.120. The van der Waals surface area contributed by atoms with Crippen molar-refractivity contribution in [2.24, 2.45) is 0 Å². The number of aromatic nitrogens is 2. The smallest absolute Gasteiger partial charge is 0.262 e. The summed E-state index contributed by atoms with van der Waals surface area (Å²) in [4.78, 5) is 15.6. The van der Waals surface area contributed by atoms with Crippen LogP contribution in [0.25, 0.3) is 16.9 Å². The number of nitrogens with zero attached hydrogens (tertiary/aromatic N) is 3. The van der Waals surface area contributed by atoms with Crippen LogP contribution in [-0.2, 0) is 6.42 Å². The van der Waals surface area contributed by atoms with Crippen LogP contribution in [0.1, 0.15) is 21.6 Å². The van der Waals surface area contributed by atoms with Crippen molar-refractivity contribution in [3.63, 3.8) is 0 Å². The normalized spacial score (nSPS) is 12.8. The molecule has 0 N–H and O–H groups in total. The van der Waals surface area contributed by atoms with Crippen LogP contribution in [0.3, 0.4) is 0 Å². The molecule has 1 amide bonds. The van der Waals surface area contributed by atoms with E-state index in [2.05, 4.69) is 6.07 Å². The zero-order valence-electron chi connectivity index (χ0n) is 16.2. The molecule has 4 heteroatoms. The van der Waals surface area contributed by atoms with Crippen LogP contribution in [-0.4, -0.2) is 22.2 Å². The summed E-state index contributed by atoms with van der Waals surface area (Å²) >= 11 is 0. The number of para-hydroxylation sites is 2. The van der Waals surface area contributed by atoms with Crippen molar-refractivity contribution >= 4 is 11.6 Å². The molecule has 0 saturated heterocycles. The Morgan fingerprint density at radius 1 is 0.862 bits per heavy atom. The van der Waals surface area contributed by atoms with Crippen molar-refractivity contribution in [3.8, 4) is 16.9 Å². The van der Waals surface area contributed by atoms with Crippen LogP contribution in [0.2, 0.25) is 0 Å². The monoisotopic (exact) mass is 379 g/mol. The zero-order valence-corrected chi connectivity index (χ0v) is 16.2. The molecule has 5 rings (SSSR count). The van der Waals surface area contributed by atoms with Crippen molar-refractivity contribution in [1.82, 2.24) is 9.78 Å². The molecule has 0 aliphatic carbocycles. The predicted molar refractivity (Wildman–Crippen MR) is 116 cm³/mol.